The Bertz CT molecular complexity index is 1390. The molecule has 164 valence electrons. The molecule has 4 aromatic rings. The van der Waals surface area contributed by atoms with E-state index in [2.05, 4.69) is 20.6 Å². The van der Waals surface area contributed by atoms with Crippen LogP contribution in [0.2, 0.25) is 0 Å². The molecule has 2 heterocycles. The first-order valence-electron chi connectivity index (χ1n) is 10.2. The highest BCUT2D eigenvalue weighted by atomic mass is 32.2. The highest BCUT2D eigenvalue weighted by Gasteiger charge is 2.14. The number of nitrogens with one attached hydrogen (secondary N) is 1. The van der Waals surface area contributed by atoms with E-state index in [0.29, 0.717) is 24.5 Å². The van der Waals surface area contributed by atoms with Crippen molar-refractivity contribution in [1.82, 2.24) is 25.2 Å². The Morgan fingerprint density at radius 1 is 1.00 bits per heavy atom. The zero-order valence-corrected chi connectivity index (χ0v) is 18.6. The molecule has 0 saturated heterocycles. The van der Waals surface area contributed by atoms with Crippen LogP contribution >= 0.6 is 0 Å². The molecule has 2 aromatic heterocycles. The summed E-state index contributed by atoms with van der Waals surface area (Å²) < 4.78 is 25.5. The molecule has 0 amide bonds. The van der Waals surface area contributed by atoms with Crippen LogP contribution in [0.4, 0.5) is 0 Å². The molecule has 0 bridgehead atoms. The number of aryl methyl sites for hydroxylation is 1. The lowest BCUT2D eigenvalue weighted by Gasteiger charge is -2.14. The first-order chi connectivity index (χ1) is 15.4. The zero-order chi connectivity index (χ0) is 22.7. The van der Waals surface area contributed by atoms with Gasteiger partial charge in [-0.05, 0) is 34.4 Å². The topological polar surface area (TPSA) is 111 Å². The van der Waals surface area contributed by atoms with Gasteiger partial charge < -0.3 is 4.57 Å². The Morgan fingerprint density at radius 2 is 1.72 bits per heavy atom. The van der Waals surface area contributed by atoms with Crippen LogP contribution in [0.25, 0.3) is 22.5 Å². The van der Waals surface area contributed by atoms with Gasteiger partial charge in [0.2, 0.25) is 5.82 Å². The number of pyridine rings is 1. The average molecular weight is 450 g/mol. The van der Waals surface area contributed by atoms with Gasteiger partial charge in [-0.3, -0.25) is 4.79 Å². The van der Waals surface area contributed by atoms with Crippen LogP contribution in [0.3, 0.4) is 0 Å². The van der Waals surface area contributed by atoms with E-state index in [0.717, 1.165) is 34.9 Å². The number of hydrogen-bond acceptors (Lipinski definition) is 6. The van der Waals surface area contributed by atoms with Gasteiger partial charge >= 0.3 is 0 Å². The Kier molecular flexibility index (Phi) is 6.00. The largest absolute Gasteiger partial charge is 0.308 e. The smallest absolute Gasteiger partial charge is 0.252 e. The maximum atomic E-state index is 12.7. The van der Waals surface area contributed by atoms with Crippen molar-refractivity contribution < 1.29 is 8.42 Å². The number of benzene rings is 2. The monoisotopic (exact) mass is 449 g/mol. The second kappa shape index (κ2) is 8.88. The summed E-state index contributed by atoms with van der Waals surface area (Å²) in [5.41, 5.74) is 4.17. The van der Waals surface area contributed by atoms with E-state index in [1.165, 1.54) is 6.07 Å². The number of aromatic nitrogens is 5. The molecule has 32 heavy (non-hydrogen) atoms. The van der Waals surface area contributed by atoms with Crippen LogP contribution in [0.15, 0.2) is 70.4 Å². The van der Waals surface area contributed by atoms with Gasteiger partial charge in [-0.1, -0.05) is 61.9 Å². The second-order valence-electron chi connectivity index (χ2n) is 7.61. The van der Waals surface area contributed by atoms with Gasteiger partial charge in [-0.2, -0.15) is 5.21 Å². The third-order valence-corrected chi connectivity index (χ3v) is 6.33. The first kappa shape index (κ1) is 21.6. The fraction of sp³-hybridized carbons (Fsp3) is 0.217. The van der Waals surface area contributed by atoms with E-state index in [9.17, 15) is 13.2 Å². The molecule has 0 fully saturated rings. The van der Waals surface area contributed by atoms with E-state index in [1.54, 1.807) is 10.6 Å². The standard InChI is InChI=1S/C23H23N5O3S/c1-3-6-18-13-19(32(2,30)31)14-22(29)28(18)15-16-9-11-17(12-10-16)20-7-4-5-8-21(20)23-24-26-27-25-23/h4-5,7-14H,3,6,15H2,1-2H3,(H,24,25,26,27). The van der Waals surface area contributed by atoms with Crippen molar-refractivity contribution >= 4 is 9.84 Å². The second-order valence-corrected chi connectivity index (χ2v) is 9.62. The molecule has 0 saturated carbocycles. The summed E-state index contributed by atoms with van der Waals surface area (Å²) in [6, 6.07) is 18.5. The van der Waals surface area contributed by atoms with Gasteiger partial charge in [0.15, 0.2) is 9.84 Å². The van der Waals surface area contributed by atoms with Gasteiger partial charge in [-0.15, -0.1) is 10.2 Å². The van der Waals surface area contributed by atoms with Crippen molar-refractivity contribution in [2.45, 2.75) is 31.2 Å². The summed E-state index contributed by atoms with van der Waals surface area (Å²) in [4.78, 5) is 12.8. The number of aromatic amines is 1. The molecule has 0 aliphatic rings. The lowest BCUT2D eigenvalue weighted by molar-refractivity contribution is 0.599. The normalized spacial score (nSPS) is 11.6. The lowest BCUT2D eigenvalue weighted by Crippen LogP contribution is -2.25. The minimum Gasteiger partial charge on any atom is -0.308 e. The Morgan fingerprint density at radius 3 is 2.34 bits per heavy atom. The Labute approximate surface area is 185 Å². The zero-order valence-electron chi connectivity index (χ0n) is 17.8. The highest BCUT2D eigenvalue weighted by Crippen LogP contribution is 2.29. The van der Waals surface area contributed by atoms with Crippen LogP contribution in [-0.2, 0) is 22.8 Å². The minimum atomic E-state index is -3.45. The Balaban J connectivity index is 1.67. The van der Waals surface area contributed by atoms with Crippen LogP contribution in [-0.4, -0.2) is 39.9 Å². The molecular weight excluding hydrogens is 426 g/mol. The Hall–Kier alpha value is -3.59. The predicted octanol–water partition coefficient (Wildman–Crippen LogP) is 3.10. The summed E-state index contributed by atoms with van der Waals surface area (Å²) in [5.74, 6) is 0.520. The first-order valence-corrected chi connectivity index (χ1v) is 12.1. The molecule has 0 aliphatic heterocycles. The molecule has 1 N–H and O–H groups in total. The minimum absolute atomic E-state index is 0.0654. The van der Waals surface area contributed by atoms with Crippen LogP contribution in [0.5, 0.6) is 0 Å². The fourth-order valence-electron chi connectivity index (χ4n) is 3.66. The van der Waals surface area contributed by atoms with Crippen molar-refractivity contribution in [3.8, 4) is 22.5 Å². The molecule has 9 heteroatoms. The number of rotatable bonds is 7. The number of hydrogen-bond donors (Lipinski definition) is 1. The van der Waals surface area contributed by atoms with E-state index >= 15 is 0 Å². The molecule has 4 rings (SSSR count). The van der Waals surface area contributed by atoms with Gasteiger partial charge in [0.05, 0.1) is 11.4 Å². The summed E-state index contributed by atoms with van der Waals surface area (Å²) >= 11 is 0. The van der Waals surface area contributed by atoms with Crippen molar-refractivity contribution in [3.05, 3.63) is 82.3 Å². The highest BCUT2D eigenvalue weighted by molar-refractivity contribution is 7.90. The van der Waals surface area contributed by atoms with Crippen LogP contribution in [0.1, 0.15) is 24.6 Å². The molecule has 0 atom stereocenters. The van der Waals surface area contributed by atoms with E-state index in [4.69, 9.17) is 0 Å². The molecule has 2 aromatic carbocycles. The summed E-state index contributed by atoms with van der Waals surface area (Å²) in [5, 5.41) is 14.3. The molecule has 0 unspecified atom stereocenters. The number of tetrazole rings is 1. The predicted molar refractivity (Wildman–Crippen MR) is 122 cm³/mol. The summed E-state index contributed by atoms with van der Waals surface area (Å²) in [6.07, 6.45) is 2.54. The molecule has 0 spiro atoms. The van der Waals surface area contributed by atoms with E-state index in [1.807, 2.05) is 55.5 Å². The van der Waals surface area contributed by atoms with Crippen molar-refractivity contribution in [2.75, 3.05) is 6.26 Å². The van der Waals surface area contributed by atoms with Crippen LogP contribution < -0.4 is 5.56 Å². The number of sulfone groups is 1. The quantitative estimate of drug-likeness (QED) is 0.464. The molecular formula is C23H23N5O3S. The SMILES string of the molecule is CCCc1cc(S(C)(=O)=O)cc(=O)n1Cc1ccc(-c2ccccc2-c2nn[nH]n2)cc1. The van der Waals surface area contributed by atoms with Crippen molar-refractivity contribution in [2.24, 2.45) is 0 Å². The summed E-state index contributed by atoms with van der Waals surface area (Å²) in [7, 11) is -3.45. The van der Waals surface area contributed by atoms with Gasteiger partial charge in [0.1, 0.15) is 0 Å². The molecule has 8 nitrogen and oxygen atoms in total. The number of nitrogens with zero attached hydrogens (tertiary/aromatic N) is 4. The lowest BCUT2D eigenvalue weighted by atomic mass is 9.98. The number of H-pyrrole nitrogens is 1. The molecule has 0 radical (unpaired) electrons. The maximum absolute atomic E-state index is 12.7. The fourth-order valence-corrected chi connectivity index (χ4v) is 4.32. The maximum Gasteiger partial charge on any atom is 0.252 e. The summed E-state index contributed by atoms with van der Waals surface area (Å²) in [6.45, 7) is 2.36. The third kappa shape index (κ3) is 4.52. The van der Waals surface area contributed by atoms with Crippen LogP contribution in [0, 0.1) is 0 Å². The van der Waals surface area contributed by atoms with E-state index in [-0.39, 0.29) is 10.5 Å². The van der Waals surface area contributed by atoms with Crippen molar-refractivity contribution in [3.63, 3.8) is 0 Å². The van der Waals surface area contributed by atoms with Gasteiger partial charge in [-0.25, -0.2) is 8.42 Å². The molecule has 0 aliphatic carbocycles. The van der Waals surface area contributed by atoms with Gasteiger partial charge in [0, 0.05) is 23.6 Å². The van der Waals surface area contributed by atoms with Gasteiger partial charge in [0.25, 0.3) is 5.56 Å². The average Bonchev–Trinajstić information content (AvgIpc) is 3.31. The van der Waals surface area contributed by atoms with E-state index < -0.39 is 9.84 Å². The third-order valence-electron chi connectivity index (χ3n) is 5.24. The van der Waals surface area contributed by atoms with Crippen molar-refractivity contribution in [1.29, 1.82) is 0 Å².